The topological polar surface area (TPSA) is 37.8 Å². The van der Waals surface area contributed by atoms with Gasteiger partial charge in [0.05, 0.1) is 6.04 Å². The van der Waals surface area contributed by atoms with Crippen molar-refractivity contribution >= 4 is 16.5 Å². The predicted molar refractivity (Wildman–Crippen MR) is 63.4 cm³/mol. The van der Waals surface area contributed by atoms with E-state index in [1.165, 1.54) is 0 Å². The molecule has 1 unspecified atom stereocenters. The highest BCUT2D eigenvalue weighted by Crippen LogP contribution is 2.33. The molecule has 0 saturated heterocycles. The summed E-state index contributed by atoms with van der Waals surface area (Å²) >= 11 is 0.504. The van der Waals surface area contributed by atoms with Gasteiger partial charge in [-0.25, -0.2) is 0 Å². The molecule has 0 spiro atoms. The van der Waals surface area contributed by atoms with E-state index in [1.807, 2.05) is 37.3 Å². The maximum absolute atomic E-state index is 12.3. The number of hydrogen-bond donors (Lipinski definition) is 1. The molecule has 0 radical (unpaired) electrons. The van der Waals surface area contributed by atoms with Gasteiger partial charge in [-0.15, -0.1) is 10.2 Å². The number of halogens is 3. The van der Waals surface area contributed by atoms with Gasteiger partial charge in [0.2, 0.25) is 10.1 Å². The summed E-state index contributed by atoms with van der Waals surface area (Å²) in [7, 11) is 0. The zero-order chi connectivity index (χ0) is 13.2. The Morgan fingerprint density at radius 2 is 1.83 bits per heavy atom. The first-order valence-corrected chi connectivity index (χ1v) is 6.00. The third kappa shape index (κ3) is 2.98. The van der Waals surface area contributed by atoms with Crippen LogP contribution in [0.1, 0.15) is 23.5 Å². The Balaban J connectivity index is 2.08. The first-order valence-electron chi connectivity index (χ1n) is 5.19. The van der Waals surface area contributed by atoms with Crippen molar-refractivity contribution in [1.82, 2.24) is 10.2 Å². The Labute approximate surface area is 106 Å². The molecule has 0 fully saturated rings. The van der Waals surface area contributed by atoms with Gasteiger partial charge in [-0.1, -0.05) is 41.7 Å². The van der Waals surface area contributed by atoms with Crippen LogP contribution < -0.4 is 5.32 Å². The number of hydrogen-bond acceptors (Lipinski definition) is 4. The Hall–Kier alpha value is -1.63. The van der Waals surface area contributed by atoms with E-state index in [1.54, 1.807) is 0 Å². The third-order valence-corrected chi connectivity index (χ3v) is 3.21. The summed E-state index contributed by atoms with van der Waals surface area (Å²) in [5.74, 6) is 0. The van der Waals surface area contributed by atoms with Crippen LogP contribution in [0.5, 0.6) is 0 Å². The average molecular weight is 273 g/mol. The minimum atomic E-state index is -4.44. The van der Waals surface area contributed by atoms with Crippen LogP contribution >= 0.6 is 11.3 Å². The second-order valence-corrected chi connectivity index (χ2v) is 4.66. The van der Waals surface area contributed by atoms with Gasteiger partial charge in [0, 0.05) is 0 Å². The average Bonchev–Trinajstić information content (AvgIpc) is 2.78. The predicted octanol–water partition coefficient (Wildman–Crippen LogP) is 3.73. The van der Waals surface area contributed by atoms with Crippen LogP contribution in [0.3, 0.4) is 0 Å². The molecule has 18 heavy (non-hydrogen) atoms. The van der Waals surface area contributed by atoms with Crippen LogP contribution in [0.4, 0.5) is 18.3 Å². The first-order chi connectivity index (χ1) is 8.47. The van der Waals surface area contributed by atoms with Crippen LogP contribution in [0.25, 0.3) is 0 Å². The molecule has 96 valence electrons. The minimum Gasteiger partial charge on any atom is -0.354 e. The lowest BCUT2D eigenvalue weighted by Gasteiger charge is -2.12. The molecule has 1 aromatic heterocycles. The van der Waals surface area contributed by atoms with Crippen molar-refractivity contribution in [3.8, 4) is 0 Å². The van der Waals surface area contributed by atoms with Crippen molar-refractivity contribution in [3.63, 3.8) is 0 Å². The molecule has 1 atom stereocenters. The summed E-state index contributed by atoms with van der Waals surface area (Å²) in [6, 6.07) is 9.28. The van der Waals surface area contributed by atoms with Crippen molar-refractivity contribution in [2.45, 2.75) is 19.1 Å². The SMILES string of the molecule is CC(Nc1nnc(C(F)(F)F)s1)c1ccccc1. The minimum absolute atomic E-state index is 0.125. The summed E-state index contributed by atoms with van der Waals surface area (Å²) in [4.78, 5) is 0. The summed E-state index contributed by atoms with van der Waals surface area (Å²) in [6.07, 6.45) is -4.44. The fourth-order valence-corrected chi connectivity index (χ4v) is 2.10. The van der Waals surface area contributed by atoms with Gasteiger partial charge < -0.3 is 5.32 Å². The standard InChI is InChI=1S/C11H10F3N3S/c1-7(8-5-3-2-4-6-8)15-10-17-16-9(18-10)11(12,13)14/h2-7H,1H3,(H,15,17). The van der Waals surface area contributed by atoms with Crippen LogP contribution in [-0.2, 0) is 6.18 Å². The van der Waals surface area contributed by atoms with Gasteiger partial charge in [-0.3, -0.25) is 0 Å². The molecule has 0 amide bonds. The molecular formula is C11H10F3N3S. The number of rotatable bonds is 3. The molecule has 3 nitrogen and oxygen atoms in total. The Kier molecular flexibility index (Phi) is 3.51. The van der Waals surface area contributed by atoms with Gasteiger partial charge in [-0.05, 0) is 12.5 Å². The molecule has 0 aliphatic rings. The first kappa shape index (κ1) is 12.8. The summed E-state index contributed by atoms with van der Waals surface area (Å²) in [5.41, 5.74) is 0.973. The van der Waals surface area contributed by atoms with E-state index in [0.717, 1.165) is 5.56 Å². The van der Waals surface area contributed by atoms with E-state index >= 15 is 0 Å². The number of nitrogens with zero attached hydrogens (tertiary/aromatic N) is 2. The Morgan fingerprint density at radius 3 is 2.39 bits per heavy atom. The van der Waals surface area contributed by atoms with Crippen molar-refractivity contribution in [2.24, 2.45) is 0 Å². The maximum Gasteiger partial charge on any atom is 0.445 e. The van der Waals surface area contributed by atoms with E-state index in [9.17, 15) is 13.2 Å². The number of anilines is 1. The molecule has 0 bridgehead atoms. The molecule has 1 heterocycles. The second kappa shape index (κ2) is 4.93. The highest BCUT2D eigenvalue weighted by molar-refractivity contribution is 7.15. The molecular weight excluding hydrogens is 263 g/mol. The highest BCUT2D eigenvalue weighted by atomic mass is 32.1. The van der Waals surface area contributed by atoms with Crippen LogP contribution in [0.2, 0.25) is 0 Å². The van der Waals surface area contributed by atoms with Crippen molar-refractivity contribution in [2.75, 3.05) is 5.32 Å². The molecule has 0 aliphatic heterocycles. The Morgan fingerprint density at radius 1 is 1.17 bits per heavy atom. The monoisotopic (exact) mass is 273 g/mol. The number of aromatic nitrogens is 2. The van der Waals surface area contributed by atoms with E-state index in [0.29, 0.717) is 11.3 Å². The quantitative estimate of drug-likeness (QED) is 0.926. The van der Waals surface area contributed by atoms with E-state index < -0.39 is 11.2 Å². The van der Waals surface area contributed by atoms with Gasteiger partial charge in [0.1, 0.15) is 0 Å². The van der Waals surface area contributed by atoms with Gasteiger partial charge in [0.25, 0.3) is 0 Å². The number of nitrogens with one attached hydrogen (secondary N) is 1. The summed E-state index contributed by atoms with van der Waals surface area (Å²) in [5, 5.41) is 8.72. The van der Waals surface area contributed by atoms with Crippen LogP contribution in [-0.4, -0.2) is 10.2 Å². The van der Waals surface area contributed by atoms with Crippen LogP contribution in [0.15, 0.2) is 30.3 Å². The molecule has 1 N–H and O–H groups in total. The van der Waals surface area contributed by atoms with E-state index in [-0.39, 0.29) is 11.2 Å². The zero-order valence-corrected chi connectivity index (χ0v) is 10.2. The smallest absolute Gasteiger partial charge is 0.354 e. The molecule has 2 aromatic rings. The molecule has 2 rings (SSSR count). The molecule has 7 heteroatoms. The summed E-state index contributed by atoms with van der Waals surface area (Å²) in [6.45, 7) is 1.85. The lowest BCUT2D eigenvalue weighted by molar-refractivity contribution is -0.138. The number of alkyl halides is 3. The normalized spacial score (nSPS) is 13.3. The van der Waals surface area contributed by atoms with E-state index in [2.05, 4.69) is 15.5 Å². The molecule has 0 saturated carbocycles. The lowest BCUT2D eigenvalue weighted by Crippen LogP contribution is -2.05. The van der Waals surface area contributed by atoms with Crippen molar-refractivity contribution in [3.05, 3.63) is 40.9 Å². The number of benzene rings is 1. The second-order valence-electron chi connectivity index (χ2n) is 3.69. The van der Waals surface area contributed by atoms with Crippen LogP contribution in [0, 0.1) is 0 Å². The highest BCUT2D eigenvalue weighted by Gasteiger charge is 2.35. The largest absolute Gasteiger partial charge is 0.445 e. The van der Waals surface area contributed by atoms with Gasteiger partial charge in [-0.2, -0.15) is 13.2 Å². The fourth-order valence-electron chi connectivity index (χ4n) is 1.41. The molecule has 0 aliphatic carbocycles. The zero-order valence-electron chi connectivity index (χ0n) is 9.40. The van der Waals surface area contributed by atoms with Crippen molar-refractivity contribution in [1.29, 1.82) is 0 Å². The molecule has 1 aromatic carbocycles. The van der Waals surface area contributed by atoms with E-state index in [4.69, 9.17) is 0 Å². The lowest BCUT2D eigenvalue weighted by atomic mass is 10.1. The fraction of sp³-hybridized carbons (Fsp3) is 0.273. The van der Waals surface area contributed by atoms with Crippen molar-refractivity contribution < 1.29 is 13.2 Å². The van der Waals surface area contributed by atoms with Gasteiger partial charge in [0.15, 0.2) is 0 Å². The third-order valence-electron chi connectivity index (χ3n) is 2.31. The maximum atomic E-state index is 12.3. The van der Waals surface area contributed by atoms with Gasteiger partial charge >= 0.3 is 6.18 Å². The Bertz CT molecular complexity index is 510. The summed E-state index contributed by atoms with van der Waals surface area (Å²) < 4.78 is 37.0.